The van der Waals surface area contributed by atoms with Crippen LogP contribution in [0.3, 0.4) is 0 Å². The van der Waals surface area contributed by atoms with Gasteiger partial charge in [-0.1, -0.05) is 53.5 Å². The zero-order valence-electron chi connectivity index (χ0n) is 16.6. The number of nitrogens with zero attached hydrogens (tertiary/aromatic N) is 1. The third-order valence-electron chi connectivity index (χ3n) is 4.35. The van der Waals surface area contributed by atoms with Gasteiger partial charge in [0.15, 0.2) is 0 Å². The Morgan fingerprint density at radius 3 is 2.45 bits per heavy atom. The van der Waals surface area contributed by atoms with Gasteiger partial charge in [-0.15, -0.1) is 0 Å². The molecule has 0 aliphatic carbocycles. The maximum absolute atomic E-state index is 12.6. The van der Waals surface area contributed by atoms with Crippen LogP contribution >= 0.6 is 23.2 Å². The smallest absolute Gasteiger partial charge is 0.266 e. The third-order valence-corrected chi connectivity index (χ3v) is 5.05. The summed E-state index contributed by atoms with van der Waals surface area (Å²) in [5.74, 6) is 0.436. The van der Waals surface area contributed by atoms with Crippen LogP contribution in [0.1, 0.15) is 11.1 Å². The summed E-state index contributed by atoms with van der Waals surface area (Å²) in [7, 11) is 1.54. The number of carbonyl (C=O) groups excluding carboxylic acids is 1. The second-order valence-electron chi connectivity index (χ2n) is 6.39. The van der Waals surface area contributed by atoms with Gasteiger partial charge in [0.1, 0.15) is 29.7 Å². The minimum Gasteiger partial charge on any atom is -0.497 e. The molecule has 5 nitrogen and oxygen atoms in total. The molecular weight excluding hydrogens is 435 g/mol. The molecule has 0 aliphatic heterocycles. The number of anilines is 1. The average Bonchev–Trinajstić information content (AvgIpc) is 2.78. The molecule has 7 heteroatoms. The highest BCUT2D eigenvalue weighted by molar-refractivity contribution is 6.34. The molecular formula is C24H18Cl2N2O3. The SMILES string of the molecule is COc1ccc(/C=C(\C#N)C(=O)Nc2ccccc2Cl)c(OCc2ccccc2Cl)c1. The van der Waals surface area contributed by atoms with Gasteiger partial charge >= 0.3 is 0 Å². The molecule has 1 N–H and O–H groups in total. The molecule has 0 radical (unpaired) electrons. The van der Waals surface area contributed by atoms with Crippen LogP contribution in [0.2, 0.25) is 10.0 Å². The first-order valence-electron chi connectivity index (χ1n) is 9.23. The summed E-state index contributed by atoms with van der Waals surface area (Å²) in [6, 6.07) is 21.2. The molecule has 0 aromatic heterocycles. The van der Waals surface area contributed by atoms with Gasteiger partial charge in [0.2, 0.25) is 0 Å². The summed E-state index contributed by atoms with van der Waals surface area (Å²) in [5.41, 5.74) is 1.66. The van der Waals surface area contributed by atoms with Gasteiger partial charge in [-0.25, -0.2) is 0 Å². The maximum Gasteiger partial charge on any atom is 0.266 e. The highest BCUT2D eigenvalue weighted by Crippen LogP contribution is 2.29. The zero-order valence-corrected chi connectivity index (χ0v) is 18.1. The molecule has 3 aromatic carbocycles. The van der Waals surface area contributed by atoms with E-state index in [0.29, 0.717) is 32.8 Å². The van der Waals surface area contributed by atoms with Crippen molar-refractivity contribution >= 4 is 40.9 Å². The lowest BCUT2D eigenvalue weighted by Crippen LogP contribution is -2.13. The highest BCUT2D eigenvalue weighted by Gasteiger charge is 2.14. The van der Waals surface area contributed by atoms with Gasteiger partial charge in [-0.2, -0.15) is 5.26 Å². The van der Waals surface area contributed by atoms with Crippen molar-refractivity contribution in [3.05, 3.63) is 93.5 Å². The Bertz CT molecular complexity index is 1170. The quantitative estimate of drug-likeness (QED) is 0.345. The molecule has 3 rings (SSSR count). The lowest BCUT2D eigenvalue weighted by Gasteiger charge is -2.12. The minimum atomic E-state index is -0.580. The predicted octanol–water partition coefficient (Wildman–Crippen LogP) is 6.13. The topological polar surface area (TPSA) is 71.3 Å². The second-order valence-corrected chi connectivity index (χ2v) is 7.20. The number of ether oxygens (including phenoxy) is 2. The Hall–Kier alpha value is -3.46. The van der Waals surface area contributed by atoms with Crippen molar-refractivity contribution in [1.29, 1.82) is 5.26 Å². The van der Waals surface area contributed by atoms with E-state index in [1.807, 2.05) is 24.3 Å². The van der Waals surface area contributed by atoms with Gasteiger partial charge in [-0.3, -0.25) is 4.79 Å². The first kappa shape index (κ1) is 22.2. The van der Waals surface area contributed by atoms with Crippen LogP contribution < -0.4 is 14.8 Å². The zero-order chi connectivity index (χ0) is 22.2. The van der Waals surface area contributed by atoms with E-state index in [0.717, 1.165) is 5.56 Å². The molecule has 31 heavy (non-hydrogen) atoms. The molecule has 0 aliphatic rings. The van der Waals surface area contributed by atoms with Crippen molar-refractivity contribution < 1.29 is 14.3 Å². The van der Waals surface area contributed by atoms with Crippen LogP contribution in [-0.4, -0.2) is 13.0 Å². The fraction of sp³-hybridized carbons (Fsp3) is 0.0833. The molecule has 156 valence electrons. The lowest BCUT2D eigenvalue weighted by molar-refractivity contribution is -0.112. The van der Waals surface area contributed by atoms with Gasteiger partial charge < -0.3 is 14.8 Å². The summed E-state index contributed by atoms with van der Waals surface area (Å²) in [6.07, 6.45) is 1.45. The van der Waals surface area contributed by atoms with E-state index in [9.17, 15) is 10.1 Å². The molecule has 1 amide bonds. The van der Waals surface area contributed by atoms with Crippen molar-refractivity contribution in [1.82, 2.24) is 0 Å². The number of rotatable bonds is 7. The van der Waals surface area contributed by atoms with Crippen LogP contribution in [0.25, 0.3) is 6.08 Å². The second kappa shape index (κ2) is 10.5. The standard InChI is InChI=1S/C24H18Cl2N2O3/c1-30-19-11-10-16(23(13-19)31-15-17-6-2-3-7-20(17)25)12-18(14-27)24(29)28-22-9-5-4-8-21(22)26/h2-13H,15H2,1H3,(H,28,29)/b18-12+. The number of hydrogen-bond acceptors (Lipinski definition) is 4. The van der Waals surface area contributed by atoms with Gasteiger partial charge in [-0.05, 0) is 36.4 Å². The van der Waals surface area contributed by atoms with E-state index in [-0.39, 0.29) is 12.2 Å². The Kier molecular flexibility index (Phi) is 7.55. The Labute approximate surface area is 190 Å². The van der Waals surface area contributed by atoms with Gasteiger partial charge in [0, 0.05) is 22.2 Å². The summed E-state index contributed by atoms with van der Waals surface area (Å²) in [5, 5.41) is 13.1. The minimum absolute atomic E-state index is 0.104. The number of hydrogen-bond donors (Lipinski definition) is 1. The molecule has 0 fully saturated rings. The van der Waals surface area contributed by atoms with Gasteiger partial charge in [0.05, 0.1) is 17.8 Å². The predicted molar refractivity (Wildman–Crippen MR) is 122 cm³/mol. The normalized spacial score (nSPS) is 10.8. The Balaban J connectivity index is 1.88. The summed E-state index contributed by atoms with van der Waals surface area (Å²) in [4.78, 5) is 12.6. The van der Waals surface area contributed by atoms with Crippen molar-refractivity contribution in [2.24, 2.45) is 0 Å². The molecule has 0 heterocycles. The number of para-hydroxylation sites is 1. The first-order valence-corrected chi connectivity index (χ1v) is 9.99. The Morgan fingerprint density at radius 2 is 1.77 bits per heavy atom. The molecule has 3 aromatic rings. The monoisotopic (exact) mass is 452 g/mol. The molecule has 0 saturated carbocycles. The Morgan fingerprint density at radius 1 is 1.06 bits per heavy atom. The molecule has 0 bridgehead atoms. The molecule has 0 saturated heterocycles. The molecule has 0 spiro atoms. The van der Waals surface area contributed by atoms with E-state index in [4.69, 9.17) is 32.7 Å². The lowest BCUT2D eigenvalue weighted by atomic mass is 10.1. The first-order chi connectivity index (χ1) is 15.0. The summed E-state index contributed by atoms with van der Waals surface area (Å²) in [6.45, 7) is 0.210. The number of nitrogens with one attached hydrogen (secondary N) is 1. The fourth-order valence-electron chi connectivity index (χ4n) is 2.71. The van der Waals surface area contributed by atoms with Crippen molar-refractivity contribution in [2.45, 2.75) is 6.61 Å². The van der Waals surface area contributed by atoms with E-state index in [2.05, 4.69) is 5.32 Å². The van der Waals surface area contributed by atoms with Crippen molar-refractivity contribution in [2.75, 3.05) is 12.4 Å². The molecule has 0 atom stereocenters. The van der Waals surface area contributed by atoms with Crippen LogP contribution in [0, 0.1) is 11.3 Å². The highest BCUT2D eigenvalue weighted by atomic mass is 35.5. The maximum atomic E-state index is 12.6. The number of carbonyl (C=O) groups is 1. The van der Waals surface area contributed by atoms with Crippen LogP contribution in [-0.2, 0) is 11.4 Å². The molecule has 0 unspecified atom stereocenters. The summed E-state index contributed by atoms with van der Waals surface area (Å²) < 4.78 is 11.2. The number of halogens is 2. The van der Waals surface area contributed by atoms with Crippen molar-refractivity contribution in [3.63, 3.8) is 0 Å². The number of nitriles is 1. The number of methoxy groups -OCH3 is 1. The van der Waals surface area contributed by atoms with Crippen molar-refractivity contribution in [3.8, 4) is 17.6 Å². The van der Waals surface area contributed by atoms with Crippen LogP contribution in [0.5, 0.6) is 11.5 Å². The summed E-state index contributed by atoms with van der Waals surface area (Å²) >= 11 is 12.3. The van der Waals surface area contributed by atoms with Crippen LogP contribution in [0.15, 0.2) is 72.3 Å². The van der Waals surface area contributed by atoms with Crippen LogP contribution in [0.4, 0.5) is 5.69 Å². The van der Waals surface area contributed by atoms with E-state index in [1.165, 1.54) is 6.08 Å². The number of benzene rings is 3. The van der Waals surface area contributed by atoms with E-state index in [1.54, 1.807) is 55.6 Å². The average molecular weight is 453 g/mol. The van der Waals surface area contributed by atoms with E-state index < -0.39 is 5.91 Å². The third kappa shape index (κ3) is 5.79. The largest absolute Gasteiger partial charge is 0.497 e. The fourth-order valence-corrected chi connectivity index (χ4v) is 3.09. The van der Waals surface area contributed by atoms with Gasteiger partial charge in [0.25, 0.3) is 5.91 Å². The van der Waals surface area contributed by atoms with E-state index >= 15 is 0 Å². The number of amides is 1.